The number of aromatic nitrogens is 2. The number of rotatable bonds is 4. The second-order valence-electron chi connectivity index (χ2n) is 6.16. The molecular weight excluding hydrogens is 335 g/mol. The van der Waals surface area contributed by atoms with Crippen molar-refractivity contribution >= 4 is 0 Å². The number of nitrogens with zero attached hydrogens (tertiary/aromatic N) is 2. The first-order chi connectivity index (χ1) is 13.3. The summed E-state index contributed by atoms with van der Waals surface area (Å²) in [6.07, 6.45) is 5.67. The molecule has 0 fully saturated rings. The van der Waals surface area contributed by atoms with E-state index in [4.69, 9.17) is 11.4 Å². The molecule has 3 aromatic carbocycles. The van der Waals surface area contributed by atoms with Crippen molar-refractivity contribution in [2.75, 3.05) is 0 Å². The average Bonchev–Trinajstić information content (AvgIpc) is 3.09. The van der Waals surface area contributed by atoms with Crippen molar-refractivity contribution in [3.8, 4) is 46.2 Å². The summed E-state index contributed by atoms with van der Waals surface area (Å²) in [6.45, 7) is 0.372. The maximum atomic E-state index is 13.4. The number of imidazole rings is 1. The first-order valence-electron chi connectivity index (χ1n) is 8.68. The van der Waals surface area contributed by atoms with Crippen molar-refractivity contribution in [1.82, 2.24) is 9.55 Å². The van der Waals surface area contributed by atoms with E-state index < -0.39 is 0 Å². The summed E-state index contributed by atoms with van der Waals surface area (Å²) in [4.78, 5) is 4.92. The van der Waals surface area contributed by atoms with Crippen LogP contribution in [0.5, 0.6) is 0 Å². The smallest absolute Gasteiger partial charge is 0.142 e. The maximum absolute atomic E-state index is 13.4. The zero-order valence-electron chi connectivity index (χ0n) is 14.6. The molecule has 4 rings (SSSR count). The van der Waals surface area contributed by atoms with E-state index >= 15 is 0 Å². The monoisotopic (exact) mass is 352 g/mol. The Balaban J connectivity index is 2.02. The van der Waals surface area contributed by atoms with Crippen molar-refractivity contribution in [3.05, 3.63) is 90.7 Å². The third kappa shape index (κ3) is 3.26. The van der Waals surface area contributed by atoms with Gasteiger partial charge in [-0.05, 0) is 24.3 Å². The SMILES string of the molecule is C#CCn1c(-c2ccc(F)cc2)nc(-c2ccccc2)c1-c1ccccc1. The fourth-order valence-electron chi connectivity index (χ4n) is 3.20. The van der Waals surface area contributed by atoms with Crippen LogP contribution in [-0.4, -0.2) is 9.55 Å². The predicted octanol–water partition coefficient (Wildman–Crippen LogP) is 5.66. The summed E-state index contributed by atoms with van der Waals surface area (Å²) in [7, 11) is 0. The third-order valence-electron chi connectivity index (χ3n) is 4.41. The lowest BCUT2D eigenvalue weighted by molar-refractivity contribution is 0.628. The Morgan fingerprint density at radius 2 is 1.37 bits per heavy atom. The lowest BCUT2D eigenvalue weighted by atomic mass is 10.0. The van der Waals surface area contributed by atoms with Gasteiger partial charge in [-0.2, -0.15) is 0 Å². The molecule has 27 heavy (non-hydrogen) atoms. The lowest BCUT2D eigenvalue weighted by Gasteiger charge is -2.10. The van der Waals surface area contributed by atoms with E-state index in [-0.39, 0.29) is 5.82 Å². The maximum Gasteiger partial charge on any atom is 0.142 e. The van der Waals surface area contributed by atoms with Crippen LogP contribution in [-0.2, 0) is 6.54 Å². The highest BCUT2D eigenvalue weighted by Gasteiger charge is 2.20. The first-order valence-corrected chi connectivity index (χ1v) is 8.68. The fraction of sp³-hybridized carbons (Fsp3) is 0.0417. The number of halogens is 1. The standard InChI is InChI=1S/C24H17FN2/c1-2-17-27-23(19-11-7-4-8-12-19)22(18-9-5-3-6-10-18)26-24(27)20-13-15-21(25)16-14-20/h1,3-16H,17H2. The fourth-order valence-corrected chi connectivity index (χ4v) is 3.20. The Morgan fingerprint density at radius 1 is 0.778 bits per heavy atom. The van der Waals surface area contributed by atoms with Gasteiger partial charge in [-0.25, -0.2) is 9.37 Å². The summed E-state index contributed by atoms with van der Waals surface area (Å²) in [5.74, 6) is 3.18. The highest BCUT2D eigenvalue weighted by Crippen LogP contribution is 2.36. The van der Waals surface area contributed by atoms with Crippen molar-refractivity contribution in [2.45, 2.75) is 6.54 Å². The van der Waals surface area contributed by atoms with E-state index in [0.29, 0.717) is 6.54 Å². The van der Waals surface area contributed by atoms with Gasteiger partial charge in [0, 0.05) is 16.7 Å². The Kier molecular flexibility index (Phi) is 4.55. The molecule has 0 N–H and O–H groups in total. The lowest BCUT2D eigenvalue weighted by Crippen LogP contribution is -2.01. The van der Waals surface area contributed by atoms with E-state index in [1.54, 1.807) is 12.1 Å². The molecule has 1 aromatic heterocycles. The molecule has 0 aliphatic heterocycles. The molecule has 0 radical (unpaired) electrons. The largest absolute Gasteiger partial charge is 0.312 e. The predicted molar refractivity (Wildman–Crippen MR) is 107 cm³/mol. The van der Waals surface area contributed by atoms with E-state index in [1.807, 2.05) is 65.2 Å². The molecule has 0 aliphatic carbocycles. The minimum absolute atomic E-state index is 0.277. The molecular formula is C24H17FN2. The Morgan fingerprint density at radius 3 is 1.96 bits per heavy atom. The Labute approximate surface area is 158 Å². The summed E-state index contributed by atoms with van der Waals surface area (Å²) >= 11 is 0. The van der Waals surface area contributed by atoms with Gasteiger partial charge in [0.1, 0.15) is 11.6 Å². The van der Waals surface area contributed by atoms with E-state index in [2.05, 4.69) is 5.92 Å². The highest BCUT2D eigenvalue weighted by atomic mass is 19.1. The van der Waals surface area contributed by atoms with Gasteiger partial charge in [0.25, 0.3) is 0 Å². The van der Waals surface area contributed by atoms with Gasteiger partial charge in [-0.3, -0.25) is 0 Å². The van der Waals surface area contributed by atoms with Crippen molar-refractivity contribution < 1.29 is 4.39 Å². The number of hydrogen-bond donors (Lipinski definition) is 0. The van der Waals surface area contributed by atoms with Gasteiger partial charge < -0.3 is 4.57 Å². The molecule has 130 valence electrons. The number of benzene rings is 3. The minimum atomic E-state index is -0.277. The molecule has 0 bridgehead atoms. The van der Waals surface area contributed by atoms with Gasteiger partial charge >= 0.3 is 0 Å². The molecule has 0 spiro atoms. The van der Waals surface area contributed by atoms with Crippen molar-refractivity contribution in [1.29, 1.82) is 0 Å². The first kappa shape index (κ1) is 16.8. The summed E-state index contributed by atoms with van der Waals surface area (Å²) in [5.41, 5.74) is 4.68. The molecule has 2 nitrogen and oxygen atoms in total. The van der Waals surface area contributed by atoms with Gasteiger partial charge in [-0.15, -0.1) is 6.42 Å². The van der Waals surface area contributed by atoms with Gasteiger partial charge in [0.2, 0.25) is 0 Å². The zero-order valence-corrected chi connectivity index (χ0v) is 14.6. The Hall–Kier alpha value is -3.64. The van der Waals surface area contributed by atoms with Crippen LogP contribution in [0.25, 0.3) is 33.9 Å². The summed E-state index contributed by atoms with van der Waals surface area (Å²) in [6, 6.07) is 26.4. The van der Waals surface area contributed by atoms with Crippen LogP contribution in [0, 0.1) is 18.2 Å². The quantitative estimate of drug-likeness (QED) is 0.434. The van der Waals surface area contributed by atoms with Gasteiger partial charge in [-0.1, -0.05) is 66.6 Å². The molecule has 0 aliphatic rings. The normalized spacial score (nSPS) is 10.5. The third-order valence-corrected chi connectivity index (χ3v) is 4.41. The molecule has 4 aromatic rings. The van der Waals surface area contributed by atoms with Crippen LogP contribution in [0.15, 0.2) is 84.9 Å². The molecule has 0 atom stereocenters. The van der Waals surface area contributed by atoms with Crippen LogP contribution in [0.3, 0.4) is 0 Å². The molecule has 1 heterocycles. The summed E-state index contributed by atoms with van der Waals surface area (Å²) in [5, 5.41) is 0. The topological polar surface area (TPSA) is 17.8 Å². The van der Waals surface area contributed by atoms with Crippen LogP contribution >= 0.6 is 0 Å². The van der Waals surface area contributed by atoms with E-state index in [0.717, 1.165) is 33.9 Å². The number of terminal acetylenes is 1. The molecule has 3 heteroatoms. The van der Waals surface area contributed by atoms with Gasteiger partial charge in [0.05, 0.1) is 17.9 Å². The van der Waals surface area contributed by atoms with Gasteiger partial charge in [0.15, 0.2) is 0 Å². The Bertz CT molecular complexity index is 1090. The zero-order chi connectivity index (χ0) is 18.6. The number of hydrogen-bond acceptors (Lipinski definition) is 1. The van der Waals surface area contributed by atoms with Crippen LogP contribution in [0.4, 0.5) is 4.39 Å². The van der Waals surface area contributed by atoms with E-state index in [1.165, 1.54) is 12.1 Å². The summed E-state index contributed by atoms with van der Waals surface area (Å²) < 4.78 is 15.4. The molecule has 0 saturated heterocycles. The van der Waals surface area contributed by atoms with Crippen LogP contribution in [0.1, 0.15) is 0 Å². The minimum Gasteiger partial charge on any atom is -0.312 e. The van der Waals surface area contributed by atoms with Crippen LogP contribution in [0.2, 0.25) is 0 Å². The second-order valence-corrected chi connectivity index (χ2v) is 6.16. The highest BCUT2D eigenvalue weighted by molar-refractivity contribution is 5.82. The van der Waals surface area contributed by atoms with Crippen LogP contribution < -0.4 is 0 Å². The van der Waals surface area contributed by atoms with E-state index in [9.17, 15) is 4.39 Å². The van der Waals surface area contributed by atoms with Crippen molar-refractivity contribution in [3.63, 3.8) is 0 Å². The molecule has 0 saturated carbocycles. The van der Waals surface area contributed by atoms with Crippen molar-refractivity contribution in [2.24, 2.45) is 0 Å². The second kappa shape index (κ2) is 7.31. The average molecular weight is 352 g/mol. The molecule has 0 unspecified atom stereocenters. The molecule has 0 amide bonds.